The first-order valence-electron chi connectivity index (χ1n) is 5.18. The highest BCUT2D eigenvalue weighted by Crippen LogP contribution is 2.21. The molecule has 0 unspecified atom stereocenters. The molecule has 15 heavy (non-hydrogen) atoms. The van der Waals surface area contributed by atoms with Crippen molar-refractivity contribution in [1.29, 1.82) is 0 Å². The number of nitrogens with zero attached hydrogens (tertiary/aromatic N) is 1. The van der Waals surface area contributed by atoms with Crippen LogP contribution in [0.3, 0.4) is 0 Å². The molecule has 3 N–H and O–H groups in total. The Kier molecular flexibility index (Phi) is 3.57. The summed E-state index contributed by atoms with van der Waals surface area (Å²) in [6.07, 6.45) is -0.302. The summed E-state index contributed by atoms with van der Waals surface area (Å²) >= 11 is 0. The van der Waals surface area contributed by atoms with Gasteiger partial charge in [-0.2, -0.15) is 0 Å². The van der Waals surface area contributed by atoms with Crippen LogP contribution in [0.15, 0.2) is 0 Å². The SMILES string of the molecule is CC(C)(C)OC(=O)N1CC([C@@H](N)CO)C1. The van der Waals surface area contributed by atoms with Gasteiger partial charge in [-0.15, -0.1) is 0 Å². The van der Waals surface area contributed by atoms with Crippen molar-refractivity contribution >= 4 is 6.09 Å². The minimum absolute atomic E-state index is 0.0349. The molecule has 0 spiro atoms. The Morgan fingerprint density at radius 1 is 1.60 bits per heavy atom. The number of amides is 1. The lowest BCUT2D eigenvalue weighted by molar-refractivity contribution is -0.00778. The van der Waals surface area contributed by atoms with E-state index in [4.69, 9.17) is 15.6 Å². The van der Waals surface area contributed by atoms with E-state index in [1.165, 1.54) is 0 Å². The maximum atomic E-state index is 11.5. The average Bonchev–Trinajstić information content (AvgIpc) is 1.97. The van der Waals surface area contributed by atoms with Crippen LogP contribution in [0, 0.1) is 5.92 Å². The summed E-state index contributed by atoms with van der Waals surface area (Å²) in [5, 5.41) is 8.82. The molecule has 1 fully saturated rings. The van der Waals surface area contributed by atoms with E-state index >= 15 is 0 Å². The molecule has 0 aromatic rings. The molecule has 0 aromatic carbocycles. The van der Waals surface area contributed by atoms with Crippen LogP contribution >= 0.6 is 0 Å². The summed E-state index contributed by atoms with van der Waals surface area (Å²) in [5.41, 5.74) is 5.18. The highest BCUT2D eigenvalue weighted by molar-refractivity contribution is 5.69. The van der Waals surface area contributed by atoms with Crippen LogP contribution in [-0.4, -0.2) is 47.4 Å². The zero-order chi connectivity index (χ0) is 11.6. The molecule has 5 heteroatoms. The highest BCUT2D eigenvalue weighted by atomic mass is 16.6. The predicted octanol–water partition coefficient (Wildman–Crippen LogP) is 0.173. The summed E-state index contributed by atoms with van der Waals surface area (Å²) in [4.78, 5) is 13.1. The maximum Gasteiger partial charge on any atom is 0.410 e. The van der Waals surface area contributed by atoms with Crippen molar-refractivity contribution in [2.24, 2.45) is 11.7 Å². The topological polar surface area (TPSA) is 75.8 Å². The van der Waals surface area contributed by atoms with Gasteiger partial charge in [-0.05, 0) is 20.8 Å². The molecule has 1 heterocycles. The second-order valence-electron chi connectivity index (χ2n) is 4.99. The molecular formula is C10H20N2O3. The van der Waals surface area contributed by atoms with Gasteiger partial charge in [-0.1, -0.05) is 0 Å². The Bertz CT molecular complexity index is 231. The van der Waals surface area contributed by atoms with E-state index in [0.29, 0.717) is 13.1 Å². The van der Waals surface area contributed by atoms with Crippen molar-refractivity contribution in [3.05, 3.63) is 0 Å². The molecule has 88 valence electrons. The lowest BCUT2D eigenvalue weighted by Crippen LogP contribution is -2.58. The summed E-state index contributed by atoms with van der Waals surface area (Å²) in [7, 11) is 0. The molecule has 1 aliphatic rings. The predicted molar refractivity (Wildman–Crippen MR) is 56.4 cm³/mol. The first-order valence-corrected chi connectivity index (χ1v) is 5.18. The first kappa shape index (κ1) is 12.3. The van der Waals surface area contributed by atoms with E-state index in [9.17, 15) is 4.79 Å². The molecule has 0 radical (unpaired) electrons. The average molecular weight is 216 g/mol. The first-order chi connectivity index (χ1) is 6.83. The van der Waals surface area contributed by atoms with Crippen molar-refractivity contribution in [3.63, 3.8) is 0 Å². The summed E-state index contributed by atoms with van der Waals surface area (Å²) in [6.45, 7) is 6.63. The van der Waals surface area contributed by atoms with Crippen LogP contribution in [0.4, 0.5) is 4.79 Å². The van der Waals surface area contributed by atoms with Gasteiger partial charge in [0.05, 0.1) is 6.61 Å². The summed E-state index contributed by atoms with van der Waals surface area (Å²) in [6, 6.07) is -0.233. The van der Waals surface area contributed by atoms with Gasteiger partial charge in [-0.25, -0.2) is 4.79 Å². The minimum atomic E-state index is -0.457. The Morgan fingerprint density at radius 3 is 2.53 bits per heavy atom. The number of hydrogen-bond donors (Lipinski definition) is 2. The molecule has 1 amide bonds. The minimum Gasteiger partial charge on any atom is -0.444 e. The smallest absolute Gasteiger partial charge is 0.410 e. The standard InChI is InChI=1S/C10H20N2O3/c1-10(2,3)15-9(14)12-4-7(5-12)8(11)6-13/h7-8,13H,4-6,11H2,1-3H3/t8-/m0/s1. The molecule has 0 bridgehead atoms. The molecule has 0 saturated carbocycles. The lowest BCUT2D eigenvalue weighted by atomic mass is 9.93. The maximum absolute atomic E-state index is 11.5. The summed E-state index contributed by atoms with van der Waals surface area (Å²) < 4.78 is 5.19. The number of ether oxygens (including phenoxy) is 1. The van der Waals surface area contributed by atoms with Gasteiger partial charge in [0.25, 0.3) is 0 Å². The molecule has 1 aliphatic heterocycles. The molecule has 0 aromatic heterocycles. The zero-order valence-corrected chi connectivity index (χ0v) is 9.56. The number of carbonyl (C=O) groups is 1. The molecule has 5 nitrogen and oxygen atoms in total. The monoisotopic (exact) mass is 216 g/mol. The van der Waals surface area contributed by atoms with Gasteiger partial charge in [0.1, 0.15) is 5.60 Å². The van der Waals surface area contributed by atoms with Crippen LogP contribution in [0.25, 0.3) is 0 Å². The molecule has 1 atom stereocenters. The van der Waals surface area contributed by atoms with Crippen LogP contribution in [0.1, 0.15) is 20.8 Å². The quantitative estimate of drug-likeness (QED) is 0.690. The van der Waals surface area contributed by atoms with E-state index in [2.05, 4.69) is 0 Å². The highest BCUT2D eigenvalue weighted by Gasteiger charge is 2.36. The van der Waals surface area contributed by atoms with Crippen molar-refractivity contribution in [2.75, 3.05) is 19.7 Å². The van der Waals surface area contributed by atoms with Crippen molar-refractivity contribution < 1.29 is 14.6 Å². The molecule has 1 saturated heterocycles. The third-order valence-electron chi connectivity index (χ3n) is 2.38. The normalized spacial score (nSPS) is 19.7. The van der Waals surface area contributed by atoms with E-state index < -0.39 is 5.60 Å². The number of hydrogen-bond acceptors (Lipinski definition) is 4. The molecule has 1 rings (SSSR count). The van der Waals surface area contributed by atoms with Crippen molar-refractivity contribution in [1.82, 2.24) is 4.90 Å². The van der Waals surface area contributed by atoms with Crippen molar-refractivity contribution in [2.45, 2.75) is 32.4 Å². The Labute approximate surface area is 90.2 Å². The van der Waals surface area contributed by atoms with Crippen LogP contribution in [0.2, 0.25) is 0 Å². The Morgan fingerprint density at radius 2 is 2.13 bits per heavy atom. The van der Waals surface area contributed by atoms with Gasteiger partial charge in [0, 0.05) is 25.0 Å². The Balaban J connectivity index is 2.30. The zero-order valence-electron chi connectivity index (χ0n) is 9.56. The second kappa shape index (κ2) is 4.37. The fourth-order valence-corrected chi connectivity index (χ4v) is 1.41. The van der Waals surface area contributed by atoms with E-state index in [1.807, 2.05) is 20.8 Å². The number of rotatable bonds is 2. The van der Waals surface area contributed by atoms with Gasteiger partial charge < -0.3 is 20.5 Å². The number of aliphatic hydroxyl groups excluding tert-OH is 1. The fourth-order valence-electron chi connectivity index (χ4n) is 1.41. The van der Waals surface area contributed by atoms with Crippen molar-refractivity contribution in [3.8, 4) is 0 Å². The number of nitrogens with two attached hydrogens (primary N) is 1. The molecular weight excluding hydrogens is 196 g/mol. The fraction of sp³-hybridized carbons (Fsp3) is 0.900. The second-order valence-corrected chi connectivity index (χ2v) is 4.99. The molecule has 0 aliphatic carbocycles. The summed E-state index contributed by atoms with van der Waals surface area (Å²) in [5.74, 6) is 0.197. The lowest BCUT2D eigenvalue weighted by Gasteiger charge is -2.41. The number of carbonyl (C=O) groups excluding carboxylic acids is 1. The van der Waals surface area contributed by atoms with Crippen LogP contribution < -0.4 is 5.73 Å². The van der Waals surface area contributed by atoms with Gasteiger partial charge in [0.2, 0.25) is 0 Å². The Hall–Kier alpha value is -0.810. The number of likely N-dealkylation sites (tertiary alicyclic amines) is 1. The van der Waals surface area contributed by atoms with E-state index in [-0.39, 0.29) is 24.7 Å². The van der Waals surface area contributed by atoms with Gasteiger partial charge in [-0.3, -0.25) is 0 Å². The number of aliphatic hydroxyl groups is 1. The third-order valence-corrected chi connectivity index (χ3v) is 2.38. The van der Waals surface area contributed by atoms with Crippen LogP contribution in [0.5, 0.6) is 0 Å². The van der Waals surface area contributed by atoms with Gasteiger partial charge >= 0.3 is 6.09 Å². The third kappa shape index (κ3) is 3.35. The van der Waals surface area contributed by atoms with E-state index in [1.54, 1.807) is 4.90 Å². The van der Waals surface area contributed by atoms with Gasteiger partial charge in [0.15, 0.2) is 0 Å². The van der Waals surface area contributed by atoms with Crippen LogP contribution in [-0.2, 0) is 4.74 Å². The largest absolute Gasteiger partial charge is 0.444 e. The van der Waals surface area contributed by atoms with E-state index in [0.717, 1.165) is 0 Å².